The molecule has 9 heteroatoms. The number of thiophene rings is 1. The van der Waals surface area contributed by atoms with Crippen LogP contribution in [0.2, 0.25) is 5.02 Å². The van der Waals surface area contributed by atoms with Gasteiger partial charge in [-0.2, -0.15) is 0 Å². The van der Waals surface area contributed by atoms with Gasteiger partial charge in [0.15, 0.2) is 5.82 Å². The lowest BCUT2D eigenvalue weighted by molar-refractivity contribution is 0.0724. The van der Waals surface area contributed by atoms with Crippen molar-refractivity contribution in [1.29, 1.82) is 0 Å². The van der Waals surface area contributed by atoms with Gasteiger partial charge in [-0.1, -0.05) is 35.9 Å². The molecular formula is C31H26ClFN4O2S. The van der Waals surface area contributed by atoms with Gasteiger partial charge in [-0.25, -0.2) is 14.4 Å². The Kier molecular flexibility index (Phi) is 7.62. The Labute approximate surface area is 240 Å². The van der Waals surface area contributed by atoms with Gasteiger partial charge >= 0.3 is 0 Å². The first-order valence-corrected chi connectivity index (χ1v) is 14.3. The summed E-state index contributed by atoms with van der Waals surface area (Å²) in [5.41, 5.74) is 3.95. The van der Waals surface area contributed by atoms with Gasteiger partial charge < -0.3 is 15.0 Å². The van der Waals surface area contributed by atoms with E-state index in [2.05, 4.69) is 15.3 Å². The fourth-order valence-electron chi connectivity index (χ4n) is 4.79. The van der Waals surface area contributed by atoms with E-state index >= 15 is 0 Å². The monoisotopic (exact) mass is 572 g/mol. The van der Waals surface area contributed by atoms with Crippen LogP contribution >= 0.6 is 22.9 Å². The molecule has 0 saturated carbocycles. The van der Waals surface area contributed by atoms with Crippen LogP contribution < -0.4 is 10.1 Å². The lowest BCUT2D eigenvalue weighted by atomic mass is 10.1. The zero-order valence-electron chi connectivity index (χ0n) is 21.6. The van der Waals surface area contributed by atoms with Crippen molar-refractivity contribution in [2.24, 2.45) is 0 Å². The molecule has 5 aromatic rings. The summed E-state index contributed by atoms with van der Waals surface area (Å²) in [7, 11) is 0. The molecule has 0 atom stereocenters. The number of fused-ring (bicyclic) bond motifs is 1. The highest BCUT2D eigenvalue weighted by atomic mass is 35.5. The van der Waals surface area contributed by atoms with Crippen LogP contribution in [0.25, 0.3) is 20.7 Å². The quantitative estimate of drug-likeness (QED) is 0.213. The first kappa shape index (κ1) is 26.2. The third-order valence-corrected chi connectivity index (χ3v) is 8.30. The molecule has 2 aromatic heterocycles. The second-order valence-corrected chi connectivity index (χ2v) is 11.1. The summed E-state index contributed by atoms with van der Waals surface area (Å²) >= 11 is 8.06. The Hall–Kier alpha value is -4.01. The number of rotatable bonds is 7. The number of aromatic nitrogens is 2. The molecule has 1 fully saturated rings. The van der Waals surface area contributed by atoms with E-state index in [1.54, 1.807) is 35.6 Å². The molecule has 3 heterocycles. The maximum atomic E-state index is 13.4. The van der Waals surface area contributed by atoms with E-state index in [0.717, 1.165) is 57.8 Å². The van der Waals surface area contributed by atoms with Crippen LogP contribution in [0.1, 0.15) is 35.2 Å². The molecule has 1 amide bonds. The molecule has 0 spiro atoms. The number of nitrogens with one attached hydrogen (secondary N) is 1. The van der Waals surface area contributed by atoms with Crippen LogP contribution in [0.15, 0.2) is 79.1 Å². The number of nitrogens with zero attached hydrogens (tertiary/aromatic N) is 3. The summed E-state index contributed by atoms with van der Waals surface area (Å²) in [5.74, 6) is 0.941. The summed E-state index contributed by atoms with van der Waals surface area (Å²) in [6.45, 7) is 1.85. The summed E-state index contributed by atoms with van der Waals surface area (Å²) in [4.78, 5) is 24.9. The number of anilines is 2. The second-order valence-electron chi connectivity index (χ2n) is 9.67. The van der Waals surface area contributed by atoms with Crippen molar-refractivity contribution in [2.75, 3.05) is 18.4 Å². The molecule has 0 unspecified atom stereocenters. The minimum absolute atomic E-state index is 0.0880. The van der Waals surface area contributed by atoms with Gasteiger partial charge in [0, 0.05) is 29.2 Å². The lowest BCUT2D eigenvalue weighted by Crippen LogP contribution is -2.35. The molecule has 0 bridgehead atoms. The number of hydrogen-bond donors (Lipinski definition) is 1. The van der Waals surface area contributed by atoms with Crippen LogP contribution in [0.3, 0.4) is 0 Å². The van der Waals surface area contributed by atoms with Crippen molar-refractivity contribution < 1.29 is 13.9 Å². The van der Waals surface area contributed by atoms with Crippen molar-refractivity contribution in [3.05, 3.63) is 101 Å². The van der Waals surface area contributed by atoms with Gasteiger partial charge in [0.25, 0.3) is 5.91 Å². The first-order chi connectivity index (χ1) is 19.5. The SMILES string of the molecule is O=C(c1cccc(-c2cc3ncnc(Nc4ccc(OCc5cccc(F)c5)c(Cl)c4)c3s2)c1)N1CCCCC1. The molecule has 0 aliphatic carbocycles. The van der Waals surface area contributed by atoms with Gasteiger partial charge in [-0.05, 0) is 78.9 Å². The summed E-state index contributed by atoms with van der Waals surface area (Å²) in [6.07, 6.45) is 4.83. The van der Waals surface area contributed by atoms with Gasteiger partial charge in [0.1, 0.15) is 24.5 Å². The zero-order valence-corrected chi connectivity index (χ0v) is 23.1. The minimum atomic E-state index is -0.307. The van der Waals surface area contributed by atoms with E-state index in [9.17, 15) is 9.18 Å². The number of halogens is 2. The number of benzene rings is 3. The van der Waals surface area contributed by atoms with Gasteiger partial charge in [-0.15, -0.1) is 11.3 Å². The Morgan fingerprint density at radius 1 is 1.00 bits per heavy atom. The van der Waals surface area contributed by atoms with E-state index in [4.69, 9.17) is 16.3 Å². The van der Waals surface area contributed by atoms with E-state index in [-0.39, 0.29) is 18.3 Å². The maximum absolute atomic E-state index is 13.4. The zero-order chi connectivity index (χ0) is 27.5. The normalized spacial score (nSPS) is 13.4. The fourth-order valence-corrected chi connectivity index (χ4v) is 6.08. The van der Waals surface area contributed by atoms with Crippen molar-refractivity contribution in [2.45, 2.75) is 25.9 Å². The maximum Gasteiger partial charge on any atom is 0.253 e. The number of carbonyl (C=O) groups is 1. The van der Waals surface area contributed by atoms with E-state index in [0.29, 0.717) is 22.2 Å². The average Bonchev–Trinajstić information content (AvgIpc) is 3.43. The molecule has 1 N–H and O–H groups in total. The molecule has 0 radical (unpaired) electrons. The molecule has 6 rings (SSSR count). The predicted octanol–water partition coefficient (Wildman–Crippen LogP) is 8.10. The highest BCUT2D eigenvalue weighted by Gasteiger charge is 2.19. The molecule has 3 aromatic carbocycles. The largest absolute Gasteiger partial charge is 0.487 e. The molecule has 40 heavy (non-hydrogen) atoms. The molecule has 202 valence electrons. The number of ether oxygens (including phenoxy) is 1. The summed E-state index contributed by atoms with van der Waals surface area (Å²) < 4.78 is 20.1. The Morgan fingerprint density at radius 3 is 2.67 bits per heavy atom. The highest BCUT2D eigenvalue weighted by molar-refractivity contribution is 7.22. The molecule has 6 nitrogen and oxygen atoms in total. The van der Waals surface area contributed by atoms with Gasteiger partial charge in [-0.3, -0.25) is 4.79 Å². The predicted molar refractivity (Wildman–Crippen MR) is 158 cm³/mol. The number of carbonyl (C=O) groups excluding carboxylic acids is 1. The van der Waals surface area contributed by atoms with Crippen molar-refractivity contribution in [3.8, 4) is 16.2 Å². The summed E-state index contributed by atoms with van der Waals surface area (Å²) in [5, 5.41) is 3.77. The molecule has 1 saturated heterocycles. The number of piperidine rings is 1. The standard InChI is InChI=1S/C31H26ClFN4O2S/c32-25-16-24(10-11-27(25)39-18-20-6-4-9-23(33)14-20)36-30-29-26(34-19-35-30)17-28(40-29)21-7-5-8-22(15-21)31(38)37-12-2-1-3-13-37/h4-11,14-17,19H,1-3,12-13,18H2,(H,34,35,36). The Bertz CT molecular complexity index is 1690. The fraction of sp³-hybridized carbons (Fsp3) is 0.194. The number of hydrogen-bond acceptors (Lipinski definition) is 6. The van der Waals surface area contributed by atoms with Crippen LogP contribution in [-0.2, 0) is 6.61 Å². The highest BCUT2D eigenvalue weighted by Crippen LogP contribution is 2.38. The first-order valence-electron chi connectivity index (χ1n) is 13.1. The van der Waals surface area contributed by atoms with Crippen LogP contribution in [0.4, 0.5) is 15.9 Å². The number of amides is 1. The Balaban J connectivity index is 1.20. The topological polar surface area (TPSA) is 67.3 Å². The lowest BCUT2D eigenvalue weighted by Gasteiger charge is -2.26. The molecule has 1 aliphatic rings. The van der Waals surface area contributed by atoms with E-state index < -0.39 is 0 Å². The van der Waals surface area contributed by atoms with Crippen molar-refractivity contribution in [3.63, 3.8) is 0 Å². The van der Waals surface area contributed by atoms with Crippen molar-refractivity contribution in [1.82, 2.24) is 14.9 Å². The van der Waals surface area contributed by atoms with E-state index in [1.807, 2.05) is 41.3 Å². The van der Waals surface area contributed by atoms with Gasteiger partial charge in [0.05, 0.1) is 15.2 Å². The Morgan fingerprint density at radius 2 is 1.85 bits per heavy atom. The van der Waals surface area contributed by atoms with Gasteiger partial charge in [0.2, 0.25) is 0 Å². The van der Waals surface area contributed by atoms with Crippen LogP contribution in [0.5, 0.6) is 5.75 Å². The smallest absolute Gasteiger partial charge is 0.253 e. The molecular weight excluding hydrogens is 547 g/mol. The van der Waals surface area contributed by atoms with Crippen molar-refractivity contribution >= 4 is 50.6 Å². The third kappa shape index (κ3) is 5.78. The second kappa shape index (κ2) is 11.6. The van der Waals surface area contributed by atoms with Crippen LogP contribution in [0, 0.1) is 5.82 Å². The van der Waals surface area contributed by atoms with E-state index in [1.165, 1.54) is 24.9 Å². The van der Waals surface area contributed by atoms with Crippen LogP contribution in [-0.4, -0.2) is 33.9 Å². The third-order valence-electron chi connectivity index (χ3n) is 6.83. The number of likely N-dealkylation sites (tertiary alicyclic amines) is 1. The summed E-state index contributed by atoms with van der Waals surface area (Å²) in [6, 6.07) is 21.5. The molecule has 1 aliphatic heterocycles. The average molecular weight is 573 g/mol. The minimum Gasteiger partial charge on any atom is -0.487 e.